The Kier molecular flexibility index (Phi) is 7.31. The molecule has 3 aliphatic heterocycles. The zero-order valence-electron chi connectivity index (χ0n) is 16.2. The molecule has 5 rings (SSSR count). The van der Waals surface area contributed by atoms with Crippen LogP contribution in [-0.4, -0.2) is 63.6 Å². The Hall–Kier alpha value is -3.04. The number of carboxylic acids is 2. The van der Waals surface area contributed by atoms with Gasteiger partial charge in [0.15, 0.2) is 0 Å². The highest BCUT2D eigenvalue weighted by atomic mass is 32.1. The largest absolute Gasteiger partial charge is 0.478 e. The lowest BCUT2D eigenvalue weighted by molar-refractivity contribution is -0.134. The van der Waals surface area contributed by atoms with Crippen molar-refractivity contribution in [3.8, 4) is 10.6 Å². The van der Waals surface area contributed by atoms with Gasteiger partial charge in [0, 0.05) is 30.3 Å². The number of nitrogens with zero attached hydrogens (tertiary/aromatic N) is 2. The molecule has 4 heterocycles. The van der Waals surface area contributed by atoms with Crippen molar-refractivity contribution < 1.29 is 24.6 Å². The van der Waals surface area contributed by atoms with Crippen molar-refractivity contribution in [1.29, 1.82) is 0 Å². The minimum absolute atomic E-state index is 0.0263. The summed E-state index contributed by atoms with van der Waals surface area (Å²) in [5.74, 6) is -1.84. The number of piperidine rings is 3. The van der Waals surface area contributed by atoms with Crippen molar-refractivity contribution in [3.63, 3.8) is 0 Å². The quantitative estimate of drug-likeness (QED) is 0.624. The average Bonchev–Trinajstić information content (AvgIpc) is 3.25. The lowest BCUT2D eigenvalue weighted by Gasteiger charge is -2.44. The smallest absolute Gasteiger partial charge is 0.328 e. The molecule has 0 aliphatic carbocycles. The number of amides is 1. The lowest BCUT2D eigenvalue weighted by Crippen LogP contribution is -2.57. The molecule has 3 saturated heterocycles. The second-order valence-corrected chi connectivity index (χ2v) is 8.15. The van der Waals surface area contributed by atoms with Crippen molar-refractivity contribution in [3.05, 3.63) is 53.6 Å². The monoisotopic (exact) mass is 429 g/mol. The number of hydrogen-bond acceptors (Lipinski definition) is 6. The van der Waals surface area contributed by atoms with Gasteiger partial charge in [0.1, 0.15) is 9.88 Å². The summed E-state index contributed by atoms with van der Waals surface area (Å²) in [6.45, 7) is 3.38. The molecule has 0 radical (unpaired) electrons. The molecule has 8 nitrogen and oxygen atoms in total. The van der Waals surface area contributed by atoms with Crippen LogP contribution in [0.2, 0.25) is 0 Å². The van der Waals surface area contributed by atoms with Crippen LogP contribution in [0.15, 0.2) is 48.7 Å². The van der Waals surface area contributed by atoms with Gasteiger partial charge in [0.25, 0.3) is 5.91 Å². The Balaban J connectivity index is 0.000000275. The minimum atomic E-state index is -1.26. The van der Waals surface area contributed by atoms with Gasteiger partial charge in [0.2, 0.25) is 0 Å². The van der Waals surface area contributed by atoms with Crippen LogP contribution in [0.4, 0.5) is 0 Å². The third-order valence-electron chi connectivity index (χ3n) is 5.09. The fourth-order valence-corrected chi connectivity index (χ4v) is 4.43. The Morgan fingerprint density at radius 2 is 1.70 bits per heavy atom. The molecule has 3 N–H and O–H groups in total. The molecule has 2 aromatic rings. The SMILES string of the molecule is O=C(N[C@H]1CN2CCC1CC2)c1cnc(-c2ccccc2)s1.O=C(O)C=CC(=O)O. The van der Waals surface area contributed by atoms with Gasteiger partial charge >= 0.3 is 11.9 Å². The maximum atomic E-state index is 12.5. The second kappa shape index (κ2) is 10.1. The molecule has 0 saturated carbocycles. The van der Waals surface area contributed by atoms with Crippen LogP contribution in [0.1, 0.15) is 22.5 Å². The third-order valence-corrected chi connectivity index (χ3v) is 6.14. The van der Waals surface area contributed by atoms with E-state index >= 15 is 0 Å². The first-order valence-electron chi connectivity index (χ1n) is 9.61. The molecule has 0 unspecified atom stereocenters. The van der Waals surface area contributed by atoms with E-state index in [4.69, 9.17) is 10.2 Å². The van der Waals surface area contributed by atoms with Crippen molar-refractivity contribution in [2.75, 3.05) is 19.6 Å². The summed E-state index contributed by atoms with van der Waals surface area (Å²) in [4.78, 5) is 39.1. The summed E-state index contributed by atoms with van der Waals surface area (Å²) < 4.78 is 0. The van der Waals surface area contributed by atoms with E-state index in [0.29, 0.717) is 29.0 Å². The van der Waals surface area contributed by atoms with Crippen LogP contribution in [0.5, 0.6) is 0 Å². The molecule has 30 heavy (non-hydrogen) atoms. The fourth-order valence-electron chi connectivity index (χ4n) is 3.60. The predicted molar refractivity (Wildman–Crippen MR) is 112 cm³/mol. The van der Waals surface area contributed by atoms with Gasteiger partial charge in [-0.1, -0.05) is 30.3 Å². The van der Waals surface area contributed by atoms with Gasteiger partial charge in [-0.25, -0.2) is 14.6 Å². The summed E-state index contributed by atoms with van der Waals surface area (Å²) >= 11 is 1.47. The Bertz CT molecular complexity index is 904. The molecule has 0 spiro atoms. The standard InChI is InChI=1S/C17H19N3OS.C4H4O4/c21-16(19-14-11-20-8-6-12(14)7-9-20)15-10-18-17(22-15)13-4-2-1-3-5-13;5-3(6)1-2-4(7)8/h1-5,10,12,14H,6-9,11H2,(H,19,21);1-2H,(H,5,6)(H,7,8)/t14-;/m0./s1. The van der Waals surface area contributed by atoms with Crippen molar-refractivity contribution >= 4 is 29.2 Å². The van der Waals surface area contributed by atoms with E-state index in [9.17, 15) is 14.4 Å². The number of rotatable bonds is 5. The number of benzene rings is 1. The zero-order chi connectivity index (χ0) is 21.5. The summed E-state index contributed by atoms with van der Waals surface area (Å²) in [6, 6.07) is 10.3. The van der Waals surface area contributed by atoms with Crippen LogP contribution in [0, 0.1) is 5.92 Å². The van der Waals surface area contributed by atoms with E-state index in [1.54, 1.807) is 6.20 Å². The summed E-state index contributed by atoms with van der Waals surface area (Å²) in [6.07, 6.45) is 5.24. The molecule has 1 aromatic carbocycles. The number of aliphatic carboxylic acids is 2. The van der Waals surface area contributed by atoms with Gasteiger partial charge in [-0.3, -0.25) is 4.79 Å². The second-order valence-electron chi connectivity index (χ2n) is 7.12. The molecule has 158 valence electrons. The first kappa shape index (κ1) is 21.7. The lowest BCUT2D eigenvalue weighted by atomic mass is 9.84. The number of fused-ring (bicyclic) bond motifs is 3. The molecular formula is C21H23N3O5S. The maximum Gasteiger partial charge on any atom is 0.328 e. The molecule has 9 heteroatoms. The van der Waals surface area contributed by atoms with Gasteiger partial charge in [-0.15, -0.1) is 11.3 Å². The van der Waals surface area contributed by atoms with E-state index in [0.717, 1.165) is 17.1 Å². The molecule has 1 aromatic heterocycles. The maximum absolute atomic E-state index is 12.5. The van der Waals surface area contributed by atoms with Gasteiger partial charge in [-0.2, -0.15) is 0 Å². The molecule has 3 fully saturated rings. The van der Waals surface area contributed by atoms with Crippen LogP contribution < -0.4 is 5.32 Å². The topological polar surface area (TPSA) is 120 Å². The normalized spacial score (nSPS) is 22.2. The number of nitrogens with one attached hydrogen (secondary N) is 1. The highest BCUT2D eigenvalue weighted by Gasteiger charge is 2.35. The third kappa shape index (κ3) is 5.98. The number of carboxylic acid groups (broad SMARTS) is 2. The summed E-state index contributed by atoms with van der Waals surface area (Å²) in [7, 11) is 0. The molecule has 1 amide bonds. The first-order chi connectivity index (χ1) is 14.4. The average molecular weight is 429 g/mol. The molecule has 3 aliphatic rings. The van der Waals surface area contributed by atoms with Crippen LogP contribution >= 0.6 is 11.3 Å². The van der Waals surface area contributed by atoms with Crippen LogP contribution in [0.25, 0.3) is 10.6 Å². The Morgan fingerprint density at radius 3 is 2.23 bits per heavy atom. The van der Waals surface area contributed by atoms with Gasteiger partial charge in [-0.05, 0) is 31.8 Å². The van der Waals surface area contributed by atoms with Gasteiger partial charge < -0.3 is 20.4 Å². The van der Waals surface area contributed by atoms with Crippen molar-refractivity contribution in [2.24, 2.45) is 5.92 Å². The molecule has 1 atom stereocenters. The number of thiazole rings is 1. The highest BCUT2D eigenvalue weighted by Crippen LogP contribution is 2.29. The Labute approximate surface area is 177 Å². The number of hydrogen-bond donors (Lipinski definition) is 3. The number of carbonyl (C=O) groups excluding carboxylic acids is 1. The predicted octanol–water partition coefficient (Wildman–Crippen LogP) is 2.35. The van der Waals surface area contributed by atoms with E-state index in [1.807, 2.05) is 30.3 Å². The first-order valence-corrected chi connectivity index (χ1v) is 10.4. The van der Waals surface area contributed by atoms with Crippen LogP contribution in [-0.2, 0) is 9.59 Å². The molecular weight excluding hydrogens is 406 g/mol. The van der Waals surface area contributed by atoms with Crippen LogP contribution in [0.3, 0.4) is 0 Å². The minimum Gasteiger partial charge on any atom is -0.478 e. The van der Waals surface area contributed by atoms with E-state index in [-0.39, 0.29) is 5.91 Å². The number of carbonyl (C=O) groups is 3. The Morgan fingerprint density at radius 1 is 1.07 bits per heavy atom. The van der Waals surface area contributed by atoms with Crippen molar-refractivity contribution in [2.45, 2.75) is 18.9 Å². The summed E-state index contributed by atoms with van der Waals surface area (Å²) in [5, 5.41) is 19.7. The zero-order valence-corrected chi connectivity index (χ0v) is 17.0. The van der Waals surface area contributed by atoms with E-state index < -0.39 is 11.9 Å². The summed E-state index contributed by atoms with van der Waals surface area (Å²) in [5.41, 5.74) is 1.06. The highest BCUT2D eigenvalue weighted by molar-refractivity contribution is 7.16. The van der Waals surface area contributed by atoms with E-state index in [2.05, 4.69) is 15.2 Å². The van der Waals surface area contributed by atoms with E-state index in [1.165, 1.54) is 37.3 Å². The number of aromatic nitrogens is 1. The van der Waals surface area contributed by atoms with Gasteiger partial charge in [0.05, 0.1) is 6.20 Å². The van der Waals surface area contributed by atoms with Crippen molar-refractivity contribution in [1.82, 2.24) is 15.2 Å². The molecule has 2 bridgehead atoms. The fraction of sp³-hybridized carbons (Fsp3) is 0.333.